The normalized spacial score (nSPS) is 9.82. The lowest BCUT2D eigenvalue weighted by atomic mass is 10.0. The highest BCUT2D eigenvalue weighted by Crippen LogP contribution is 2.19. The molecule has 0 aliphatic rings. The minimum atomic E-state index is -0.211. The van der Waals surface area contributed by atoms with Gasteiger partial charge in [-0.05, 0) is 31.4 Å². The number of carbonyl (C=O) groups excluding carboxylic acids is 1. The molecule has 1 aromatic carbocycles. The van der Waals surface area contributed by atoms with Crippen LogP contribution in [0.5, 0.6) is 5.75 Å². The summed E-state index contributed by atoms with van der Waals surface area (Å²) in [6.45, 7) is 6.14. The van der Waals surface area contributed by atoms with E-state index in [9.17, 15) is 4.79 Å². The Bertz CT molecular complexity index is 385. The van der Waals surface area contributed by atoms with E-state index in [4.69, 9.17) is 4.74 Å². The van der Waals surface area contributed by atoms with Gasteiger partial charge in [-0.2, -0.15) is 0 Å². The fraction of sp³-hybridized carbons (Fsp3) is 0.400. The Balaban J connectivity index is 2.85. The first kappa shape index (κ1) is 13.5. The lowest BCUT2D eigenvalue weighted by Gasteiger charge is -2.10. The molecular formula is C15H20O2. The van der Waals surface area contributed by atoms with E-state index in [1.807, 2.05) is 25.1 Å². The van der Waals surface area contributed by atoms with Gasteiger partial charge in [-0.1, -0.05) is 44.5 Å². The van der Waals surface area contributed by atoms with Crippen LogP contribution in [0.3, 0.4) is 0 Å². The van der Waals surface area contributed by atoms with Gasteiger partial charge in [-0.25, -0.2) is 4.79 Å². The molecule has 0 saturated heterocycles. The predicted molar refractivity (Wildman–Crippen MR) is 70.0 cm³/mol. The van der Waals surface area contributed by atoms with Crippen LogP contribution >= 0.6 is 0 Å². The van der Waals surface area contributed by atoms with Crippen molar-refractivity contribution in [2.75, 3.05) is 0 Å². The van der Waals surface area contributed by atoms with Gasteiger partial charge < -0.3 is 4.74 Å². The molecule has 0 unspecified atom stereocenters. The highest BCUT2D eigenvalue weighted by atomic mass is 16.5. The smallest absolute Gasteiger partial charge is 0.339 e. The van der Waals surface area contributed by atoms with Crippen molar-refractivity contribution < 1.29 is 9.53 Å². The summed E-state index contributed by atoms with van der Waals surface area (Å²) >= 11 is 0. The summed E-state index contributed by atoms with van der Waals surface area (Å²) in [7, 11) is 0. The van der Waals surface area contributed by atoms with Crippen LogP contribution in [0.2, 0.25) is 0 Å². The van der Waals surface area contributed by atoms with Crippen LogP contribution in [0, 0.1) is 0 Å². The van der Waals surface area contributed by atoms with Gasteiger partial charge in [0.15, 0.2) is 0 Å². The van der Waals surface area contributed by atoms with Crippen molar-refractivity contribution in [1.29, 1.82) is 0 Å². The number of hydrogen-bond acceptors (Lipinski definition) is 2. The van der Waals surface area contributed by atoms with Gasteiger partial charge in [-0.15, -0.1) is 0 Å². The van der Waals surface area contributed by atoms with Gasteiger partial charge in [0, 0.05) is 5.57 Å². The minimum Gasteiger partial charge on any atom is -0.423 e. The average Bonchev–Trinajstić information content (AvgIpc) is 2.36. The summed E-state index contributed by atoms with van der Waals surface area (Å²) < 4.78 is 5.36. The fourth-order valence-corrected chi connectivity index (χ4v) is 1.87. The maximum Gasteiger partial charge on any atom is 0.339 e. The zero-order valence-corrected chi connectivity index (χ0v) is 10.8. The molecule has 1 rings (SSSR count). The molecule has 0 fully saturated rings. The molecule has 0 heterocycles. The van der Waals surface area contributed by atoms with E-state index in [0.29, 0.717) is 5.75 Å². The molecule has 1 aromatic rings. The van der Waals surface area contributed by atoms with Crippen molar-refractivity contribution in [2.24, 2.45) is 0 Å². The number of hydrogen-bond donors (Lipinski definition) is 0. The second-order valence-corrected chi connectivity index (χ2v) is 3.85. The lowest BCUT2D eigenvalue weighted by molar-refractivity contribution is -0.130. The van der Waals surface area contributed by atoms with Crippen LogP contribution < -0.4 is 4.74 Å². The van der Waals surface area contributed by atoms with Gasteiger partial charge in [0.2, 0.25) is 0 Å². The van der Waals surface area contributed by atoms with Crippen LogP contribution in [-0.2, 0) is 4.79 Å². The SMILES string of the molecule is CCC(CC)=C(CC)C(=O)Oc1ccccc1. The summed E-state index contributed by atoms with van der Waals surface area (Å²) in [4.78, 5) is 12.0. The van der Waals surface area contributed by atoms with E-state index in [0.717, 1.165) is 24.8 Å². The summed E-state index contributed by atoms with van der Waals surface area (Å²) in [5, 5.41) is 0. The molecule has 0 atom stereocenters. The second kappa shape index (κ2) is 6.89. The first-order chi connectivity index (χ1) is 8.22. The van der Waals surface area contributed by atoms with E-state index in [1.54, 1.807) is 12.1 Å². The molecule has 0 radical (unpaired) electrons. The van der Waals surface area contributed by atoms with Gasteiger partial charge in [-0.3, -0.25) is 0 Å². The average molecular weight is 232 g/mol. The monoisotopic (exact) mass is 232 g/mol. The van der Waals surface area contributed by atoms with Crippen LogP contribution in [0.1, 0.15) is 40.0 Å². The third-order valence-corrected chi connectivity index (χ3v) is 2.83. The van der Waals surface area contributed by atoms with Crippen molar-refractivity contribution >= 4 is 5.97 Å². The Morgan fingerprint density at radius 3 is 2.06 bits per heavy atom. The molecule has 0 aromatic heterocycles. The zero-order valence-electron chi connectivity index (χ0n) is 10.8. The Labute approximate surface area is 103 Å². The van der Waals surface area contributed by atoms with Crippen molar-refractivity contribution in [2.45, 2.75) is 40.0 Å². The molecule has 0 bridgehead atoms. The summed E-state index contributed by atoms with van der Waals surface area (Å²) in [5.41, 5.74) is 2.01. The van der Waals surface area contributed by atoms with Crippen LogP contribution in [-0.4, -0.2) is 5.97 Å². The van der Waals surface area contributed by atoms with E-state index in [2.05, 4.69) is 13.8 Å². The first-order valence-corrected chi connectivity index (χ1v) is 6.21. The molecule has 0 N–H and O–H groups in total. The topological polar surface area (TPSA) is 26.3 Å². The number of rotatable bonds is 5. The highest BCUT2D eigenvalue weighted by Gasteiger charge is 2.13. The van der Waals surface area contributed by atoms with E-state index >= 15 is 0 Å². The van der Waals surface area contributed by atoms with Crippen molar-refractivity contribution in [3.8, 4) is 5.75 Å². The van der Waals surface area contributed by atoms with Gasteiger partial charge >= 0.3 is 5.97 Å². The fourth-order valence-electron chi connectivity index (χ4n) is 1.87. The molecule has 17 heavy (non-hydrogen) atoms. The quantitative estimate of drug-likeness (QED) is 0.433. The predicted octanol–water partition coefficient (Wildman–Crippen LogP) is 4.12. The minimum absolute atomic E-state index is 0.211. The van der Waals surface area contributed by atoms with Gasteiger partial charge in [0.05, 0.1) is 0 Å². The van der Waals surface area contributed by atoms with E-state index in [1.165, 1.54) is 5.57 Å². The molecule has 0 aliphatic heterocycles. The molecule has 2 nitrogen and oxygen atoms in total. The molecular weight excluding hydrogens is 212 g/mol. The van der Waals surface area contributed by atoms with Crippen LogP contribution in [0.25, 0.3) is 0 Å². The number of esters is 1. The zero-order chi connectivity index (χ0) is 12.7. The summed E-state index contributed by atoms with van der Waals surface area (Å²) in [6, 6.07) is 9.21. The Hall–Kier alpha value is -1.57. The molecule has 2 heteroatoms. The van der Waals surface area contributed by atoms with E-state index < -0.39 is 0 Å². The van der Waals surface area contributed by atoms with Gasteiger partial charge in [0.1, 0.15) is 5.75 Å². The maximum absolute atomic E-state index is 12.0. The second-order valence-electron chi connectivity index (χ2n) is 3.85. The van der Waals surface area contributed by atoms with E-state index in [-0.39, 0.29) is 5.97 Å². The highest BCUT2D eigenvalue weighted by molar-refractivity contribution is 5.90. The summed E-state index contributed by atoms with van der Waals surface area (Å²) in [5.74, 6) is 0.396. The largest absolute Gasteiger partial charge is 0.423 e. The lowest BCUT2D eigenvalue weighted by Crippen LogP contribution is -2.13. The summed E-state index contributed by atoms with van der Waals surface area (Å²) in [6.07, 6.45) is 2.54. The third-order valence-electron chi connectivity index (χ3n) is 2.83. The Kier molecular flexibility index (Phi) is 5.47. The molecule has 0 aliphatic carbocycles. The molecule has 0 saturated carbocycles. The van der Waals surface area contributed by atoms with Crippen molar-refractivity contribution in [3.05, 3.63) is 41.5 Å². The standard InChI is InChI=1S/C15H20O2/c1-4-12(5-2)14(6-3)15(16)17-13-10-8-7-9-11-13/h7-11H,4-6H2,1-3H3. The Morgan fingerprint density at radius 1 is 1.00 bits per heavy atom. The number of benzene rings is 1. The Morgan fingerprint density at radius 2 is 1.59 bits per heavy atom. The molecule has 92 valence electrons. The number of para-hydroxylation sites is 1. The van der Waals surface area contributed by atoms with Crippen molar-refractivity contribution in [1.82, 2.24) is 0 Å². The van der Waals surface area contributed by atoms with Crippen LogP contribution in [0.15, 0.2) is 41.5 Å². The number of ether oxygens (including phenoxy) is 1. The maximum atomic E-state index is 12.0. The third kappa shape index (κ3) is 3.74. The first-order valence-electron chi connectivity index (χ1n) is 6.21. The van der Waals surface area contributed by atoms with Crippen LogP contribution in [0.4, 0.5) is 0 Å². The number of carbonyl (C=O) groups is 1. The molecule has 0 amide bonds. The van der Waals surface area contributed by atoms with Crippen molar-refractivity contribution in [3.63, 3.8) is 0 Å². The van der Waals surface area contributed by atoms with Gasteiger partial charge in [0.25, 0.3) is 0 Å². The number of allylic oxidation sites excluding steroid dienone is 1. The molecule has 0 spiro atoms.